The summed E-state index contributed by atoms with van der Waals surface area (Å²) >= 11 is 0. The standard InChI is InChI=1S/C11H8N2O4/c1-17-11(14)5-3-8-2-4-10(13(15)16)6-9(8)7-12/h2-6H,1H3. The Hall–Kier alpha value is -2.68. The minimum Gasteiger partial charge on any atom is -0.466 e. The van der Waals surface area contributed by atoms with Gasteiger partial charge in [0.1, 0.15) is 6.07 Å². The van der Waals surface area contributed by atoms with Crippen LogP contribution in [0.1, 0.15) is 11.1 Å². The van der Waals surface area contributed by atoms with Gasteiger partial charge in [0.25, 0.3) is 5.69 Å². The molecule has 6 nitrogen and oxygen atoms in total. The summed E-state index contributed by atoms with van der Waals surface area (Å²) in [6.45, 7) is 0. The zero-order chi connectivity index (χ0) is 12.8. The number of nitriles is 1. The van der Waals surface area contributed by atoms with Gasteiger partial charge in [-0.15, -0.1) is 0 Å². The van der Waals surface area contributed by atoms with Crippen LogP contribution in [0.4, 0.5) is 5.69 Å². The molecule has 1 aromatic rings. The summed E-state index contributed by atoms with van der Waals surface area (Å²) in [4.78, 5) is 20.8. The molecule has 0 spiro atoms. The molecule has 0 unspecified atom stereocenters. The summed E-state index contributed by atoms with van der Waals surface area (Å²) in [6.07, 6.45) is 2.51. The Kier molecular flexibility index (Phi) is 3.95. The lowest BCUT2D eigenvalue weighted by atomic mass is 10.1. The maximum Gasteiger partial charge on any atom is 0.330 e. The maximum absolute atomic E-state index is 10.9. The molecule has 1 aromatic carbocycles. The van der Waals surface area contributed by atoms with Crippen LogP contribution in [0.15, 0.2) is 24.3 Å². The van der Waals surface area contributed by atoms with Gasteiger partial charge in [-0.3, -0.25) is 10.1 Å². The first-order valence-corrected chi connectivity index (χ1v) is 4.53. The van der Waals surface area contributed by atoms with E-state index >= 15 is 0 Å². The van der Waals surface area contributed by atoms with Crippen molar-refractivity contribution in [3.8, 4) is 6.07 Å². The average molecular weight is 232 g/mol. The SMILES string of the molecule is COC(=O)C=Cc1ccc([N+](=O)[O-])cc1C#N. The van der Waals surface area contributed by atoms with E-state index < -0.39 is 10.9 Å². The lowest BCUT2D eigenvalue weighted by molar-refractivity contribution is -0.384. The van der Waals surface area contributed by atoms with Gasteiger partial charge in [0.05, 0.1) is 17.6 Å². The van der Waals surface area contributed by atoms with Crippen LogP contribution < -0.4 is 0 Å². The molecule has 0 N–H and O–H groups in total. The van der Waals surface area contributed by atoms with Crippen molar-refractivity contribution in [2.45, 2.75) is 0 Å². The second-order valence-corrected chi connectivity index (χ2v) is 3.00. The number of nitro groups is 1. The molecule has 0 radical (unpaired) electrons. The first kappa shape index (κ1) is 12.4. The van der Waals surface area contributed by atoms with Crippen molar-refractivity contribution in [2.75, 3.05) is 7.11 Å². The Balaban J connectivity index is 3.10. The molecule has 0 bridgehead atoms. The number of non-ortho nitro benzene ring substituents is 1. The third-order valence-electron chi connectivity index (χ3n) is 1.97. The third-order valence-corrected chi connectivity index (χ3v) is 1.97. The first-order chi connectivity index (χ1) is 8.08. The highest BCUT2D eigenvalue weighted by molar-refractivity contribution is 5.87. The fourth-order valence-corrected chi connectivity index (χ4v) is 1.13. The van der Waals surface area contributed by atoms with Gasteiger partial charge in [-0.2, -0.15) is 5.26 Å². The monoisotopic (exact) mass is 232 g/mol. The second kappa shape index (κ2) is 5.42. The number of esters is 1. The van der Waals surface area contributed by atoms with Gasteiger partial charge < -0.3 is 4.74 Å². The third kappa shape index (κ3) is 3.14. The van der Waals surface area contributed by atoms with E-state index in [0.717, 1.165) is 12.1 Å². The van der Waals surface area contributed by atoms with E-state index in [1.54, 1.807) is 0 Å². The summed E-state index contributed by atoms with van der Waals surface area (Å²) in [5, 5.41) is 19.3. The number of hydrogen-bond donors (Lipinski definition) is 0. The smallest absolute Gasteiger partial charge is 0.330 e. The van der Waals surface area contributed by atoms with Gasteiger partial charge >= 0.3 is 5.97 Å². The highest BCUT2D eigenvalue weighted by Gasteiger charge is 2.09. The van der Waals surface area contributed by atoms with Gasteiger partial charge in [-0.1, -0.05) is 0 Å². The lowest BCUT2D eigenvalue weighted by Gasteiger charge is -1.97. The number of carbonyl (C=O) groups is 1. The van der Waals surface area contributed by atoms with Crippen LogP contribution >= 0.6 is 0 Å². The molecular formula is C11H8N2O4. The number of methoxy groups -OCH3 is 1. The largest absolute Gasteiger partial charge is 0.466 e. The number of hydrogen-bond acceptors (Lipinski definition) is 5. The molecule has 0 aliphatic rings. The molecule has 86 valence electrons. The zero-order valence-electron chi connectivity index (χ0n) is 8.91. The van der Waals surface area contributed by atoms with Crippen LogP contribution in [-0.4, -0.2) is 18.0 Å². The van der Waals surface area contributed by atoms with Crippen molar-refractivity contribution < 1.29 is 14.5 Å². The van der Waals surface area contributed by atoms with Crippen LogP contribution in [0, 0.1) is 21.4 Å². The van der Waals surface area contributed by atoms with Crippen LogP contribution in [0.25, 0.3) is 6.08 Å². The maximum atomic E-state index is 10.9. The molecule has 0 aromatic heterocycles. The number of rotatable bonds is 3. The molecule has 0 atom stereocenters. The van der Waals surface area contributed by atoms with E-state index in [1.165, 1.54) is 25.3 Å². The van der Waals surface area contributed by atoms with Gasteiger partial charge in [-0.25, -0.2) is 4.79 Å². The molecule has 17 heavy (non-hydrogen) atoms. The summed E-state index contributed by atoms with van der Waals surface area (Å²) < 4.78 is 4.39. The van der Waals surface area contributed by atoms with E-state index in [9.17, 15) is 14.9 Å². The zero-order valence-corrected chi connectivity index (χ0v) is 8.91. The van der Waals surface area contributed by atoms with Crippen LogP contribution in [0.3, 0.4) is 0 Å². The highest BCUT2D eigenvalue weighted by Crippen LogP contribution is 2.18. The molecule has 0 aliphatic heterocycles. The molecule has 0 saturated heterocycles. The van der Waals surface area contributed by atoms with Crippen molar-refractivity contribution in [1.29, 1.82) is 5.26 Å². The summed E-state index contributed by atoms with van der Waals surface area (Å²) in [7, 11) is 1.23. The fraction of sp³-hybridized carbons (Fsp3) is 0.0909. The van der Waals surface area contributed by atoms with Gasteiger partial charge in [0.15, 0.2) is 0 Å². The molecular weight excluding hydrogens is 224 g/mol. The molecule has 0 amide bonds. The highest BCUT2D eigenvalue weighted by atomic mass is 16.6. The number of benzene rings is 1. The van der Waals surface area contributed by atoms with E-state index in [4.69, 9.17) is 5.26 Å². The van der Waals surface area contributed by atoms with Gasteiger partial charge in [-0.05, 0) is 17.7 Å². The Morgan fingerprint density at radius 1 is 1.59 bits per heavy atom. The summed E-state index contributed by atoms with van der Waals surface area (Å²) in [5.74, 6) is -0.563. The van der Waals surface area contributed by atoms with E-state index in [1.807, 2.05) is 6.07 Å². The summed E-state index contributed by atoms with van der Waals surface area (Å²) in [5.41, 5.74) is 0.375. The predicted molar refractivity (Wildman–Crippen MR) is 58.9 cm³/mol. The van der Waals surface area contributed by atoms with Crippen molar-refractivity contribution in [3.05, 3.63) is 45.5 Å². The second-order valence-electron chi connectivity index (χ2n) is 3.00. The Morgan fingerprint density at radius 2 is 2.29 bits per heavy atom. The molecule has 1 rings (SSSR count). The fourth-order valence-electron chi connectivity index (χ4n) is 1.13. The molecule has 6 heteroatoms. The Bertz CT molecular complexity index is 529. The molecule has 0 heterocycles. The average Bonchev–Trinajstić information content (AvgIpc) is 2.35. The topological polar surface area (TPSA) is 93.2 Å². The quantitative estimate of drug-likeness (QED) is 0.342. The van der Waals surface area contributed by atoms with Gasteiger partial charge in [0, 0.05) is 18.2 Å². The predicted octanol–water partition coefficient (Wildman–Crippen LogP) is 1.65. The Labute approximate surface area is 96.9 Å². The first-order valence-electron chi connectivity index (χ1n) is 4.53. The molecule has 0 fully saturated rings. The number of ether oxygens (including phenoxy) is 1. The summed E-state index contributed by atoms with van der Waals surface area (Å²) in [6, 6.07) is 5.64. The van der Waals surface area contributed by atoms with E-state index in [2.05, 4.69) is 4.74 Å². The van der Waals surface area contributed by atoms with Crippen LogP contribution in [-0.2, 0) is 9.53 Å². The molecule has 0 saturated carbocycles. The van der Waals surface area contributed by atoms with E-state index in [0.29, 0.717) is 5.56 Å². The number of carbonyl (C=O) groups excluding carboxylic acids is 1. The van der Waals surface area contributed by atoms with Crippen LogP contribution in [0.5, 0.6) is 0 Å². The van der Waals surface area contributed by atoms with Crippen molar-refractivity contribution in [2.24, 2.45) is 0 Å². The van der Waals surface area contributed by atoms with Crippen LogP contribution in [0.2, 0.25) is 0 Å². The lowest BCUT2D eigenvalue weighted by Crippen LogP contribution is -1.94. The molecule has 0 aliphatic carbocycles. The minimum atomic E-state index is -0.589. The van der Waals surface area contributed by atoms with Gasteiger partial charge in [0.2, 0.25) is 0 Å². The van der Waals surface area contributed by atoms with E-state index in [-0.39, 0.29) is 11.3 Å². The van der Waals surface area contributed by atoms with Crippen molar-refractivity contribution in [1.82, 2.24) is 0 Å². The Morgan fingerprint density at radius 3 is 2.82 bits per heavy atom. The number of nitro benzene ring substituents is 1. The number of nitrogens with zero attached hydrogens (tertiary/aromatic N) is 2. The normalized spacial score (nSPS) is 9.88. The minimum absolute atomic E-state index is 0.124. The van der Waals surface area contributed by atoms with Crippen molar-refractivity contribution >= 4 is 17.7 Å². The van der Waals surface area contributed by atoms with Crippen molar-refractivity contribution in [3.63, 3.8) is 0 Å².